The van der Waals surface area contributed by atoms with Gasteiger partial charge in [-0.05, 0) is 12.5 Å². The highest BCUT2D eigenvalue weighted by Gasteiger charge is 2.21. The molecule has 0 spiro atoms. The van der Waals surface area contributed by atoms with Crippen LogP contribution in [0.5, 0.6) is 0 Å². The number of hydrogen-bond acceptors (Lipinski definition) is 6. The topological polar surface area (TPSA) is 63.3 Å². The summed E-state index contributed by atoms with van der Waals surface area (Å²) in [5.41, 5.74) is 1.31. The SMILES string of the molecule is Cc1noc(CNC2=NCC(c3ccccc3)S2)n1. The van der Waals surface area contributed by atoms with E-state index < -0.39 is 0 Å². The molecule has 1 atom stereocenters. The van der Waals surface area contributed by atoms with E-state index in [0.717, 1.165) is 11.7 Å². The van der Waals surface area contributed by atoms with Crippen LogP contribution < -0.4 is 5.32 Å². The van der Waals surface area contributed by atoms with Crippen molar-refractivity contribution in [1.29, 1.82) is 0 Å². The quantitative estimate of drug-likeness (QED) is 0.930. The van der Waals surface area contributed by atoms with Crippen molar-refractivity contribution in [3.63, 3.8) is 0 Å². The van der Waals surface area contributed by atoms with Crippen molar-refractivity contribution in [1.82, 2.24) is 15.5 Å². The fourth-order valence-corrected chi connectivity index (χ4v) is 2.89. The van der Waals surface area contributed by atoms with E-state index in [1.54, 1.807) is 18.7 Å². The molecule has 5 nitrogen and oxygen atoms in total. The van der Waals surface area contributed by atoms with Crippen LogP contribution in [0.3, 0.4) is 0 Å². The van der Waals surface area contributed by atoms with Crippen molar-refractivity contribution >= 4 is 16.9 Å². The van der Waals surface area contributed by atoms with Gasteiger partial charge < -0.3 is 9.84 Å². The van der Waals surface area contributed by atoms with E-state index in [9.17, 15) is 0 Å². The smallest absolute Gasteiger partial charge is 0.245 e. The lowest BCUT2D eigenvalue weighted by molar-refractivity contribution is 0.372. The monoisotopic (exact) mass is 274 g/mol. The van der Waals surface area contributed by atoms with Gasteiger partial charge in [-0.1, -0.05) is 47.3 Å². The van der Waals surface area contributed by atoms with E-state index in [0.29, 0.717) is 23.5 Å². The Kier molecular flexibility index (Phi) is 3.50. The molecule has 0 saturated heterocycles. The minimum atomic E-state index is 0.396. The summed E-state index contributed by atoms with van der Waals surface area (Å²) in [6, 6.07) is 10.4. The molecular weight excluding hydrogens is 260 g/mol. The fraction of sp³-hybridized carbons (Fsp3) is 0.308. The normalized spacial score (nSPS) is 18.4. The number of hydrogen-bond donors (Lipinski definition) is 1. The van der Waals surface area contributed by atoms with Gasteiger partial charge in [0.15, 0.2) is 11.0 Å². The summed E-state index contributed by atoms with van der Waals surface area (Å²) in [5, 5.41) is 8.31. The number of benzene rings is 1. The first kappa shape index (κ1) is 12.2. The molecule has 1 N–H and O–H groups in total. The Labute approximate surface area is 115 Å². The van der Waals surface area contributed by atoms with Crippen LogP contribution in [-0.2, 0) is 6.54 Å². The van der Waals surface area contributed by atoms with Crippen LogP contribution in [0.15, 0.2) is 39.8 Å². The van der Waals surface area contributed by atoms with Gasteiger partial charge >= 0.3 is 0 Å². The fourth-order valence-electron chi connectivity index (χ4n) is 1.88. The van der Waals surface area contributed by atoms with E-state index in [2.05, 4.69) is 44.7 Å². The zero-order chi connectivity index (χ0) is 13.1. The van der Waals surface area contributed by atoms with Gasteiger partial charge in [0.2, 0.25) is 5.89 Å². The van der Waals surface area contributed by atoms with Gasteiger partial charge in [0.05, 0.1) is 18.3 Å². The van der Waals surface area contributed by atoms with Crippen molar-refractivity contribution in [3.8, 4) is 0 Å². The van der Waals surface area contributed by atoms with Gasteiger partial charge in [-0.3, -0.25) is 4.99 Å². The van der Waals surface area contributed by atoms with Crippen molar-refractivity contribution in [3.05, 3.63) is 47.6 Å². The summed E-state index contributed by atoms with van der Waals surface area (Å²) in [6.45, 7) is 3.13. The Morgan fingerprint density at radius 2 is 2.21 bits per heavy atom. The second kappa shape index (κ2) is 5.44. The third kappa shape index (κ3) is 2.96. The highest BCUT2D eigenvalue weighted by Crippen LogP contribution is 2.34. The van der Waals surface area contributed by atoms with Crippen LogP contribution in [0.4, 0.5) is 0 Å². The van der Waals surface area contributed by atoms with Crippen LogP contribution >= 0.6 is 11.8 Å². The number of thioether (sulfide) groups is 1. The predicted octanol–water partition coefficient (Wildman–Crippen LogP) is 2.31. The molecular formula is C13H14N4OS. The summed E-state index contributed by atoms with van der Waals surface area (Å²) in [5.74, 6) is 1.24. The van der Waals surface area contributed by atoms with Gasteiger partial charge in [-0.2, -0.15) is 4.98 Å². The first-order valence-electron chi connectivity index (χ1n) is 6.10. The average molecular weight is 274 g/mol. The van der Waals surface area contributed by atoms with E-state index in [1.165, 1.54) is 5.56 Å². The Hall–Kier alpha value is -1.82. The first-order valence-corrected chi connectivity index (χ1v) is 6.98. The Balaban J connectivity index is 1.54. The zero-order valence-electron chi connectivity index (χ0n) is 10.5. The number of nitrogens with one attached hydrogen (secondary N) is 1. The molecule has 6 heteroatoms. The molecule has 2 heterocycles. The van der Waals surface area contributed by atoms with Crippen LogP contribution in [0, 0.1) is 6.92 Å². The number of aliphatic imine (C=N–C) groups is 1. The summed E-state index contributed by atoms with van der Waals surface area (Å²) in [6.07, 6.45) is 0. The lowest BCUT2D eigenvalue weighted by atomic mass is 10.1. The molecule has 1 aliphatic rings. The van der Waals surface area contributed by atoms with Crippen LogP contribution in [-0.4, -0.2) is 21.9 Å². The molecule has 3 rings (SSSR count). The molecule has 1 aromatic carbocycles. The molecule has 19 heavy (non-hydrogen) atoms. The van der Waals surface area contributed by atoms with Crippen molar-refractivity contribution < 1.29 is 4.52 Å². The molecule has 0 amide bonds. The summed E-state index contributed by atoms with van der Waals surface area (Å²) < 4.78 is 5.05. The van der Waals surface area contributed by atoms with Crippen LogP contribution in [0.25, 0.3) is 0 Å². The zero-order valence-corrected chi connectivity index (χ0v) is 11.4. The number of aromatic nitrogens is 2. The highest BCUT2D eigenvalue weighted by atomic mass is 32.2. The minimum Gasteiger partial charge on any atom is -0.356 e. The maximum Gasteiger partial charge on any atom is 0.245 e. The van der Waals surface area contributed by atoms with Crippen molar-refractivity contribution in [2.75, 3.05) is 6.54 Å². The summed E-state index contributed by atoms with van der Waals surface area (Å²) in [7, 11) is 0. The molecule has 2 aromatic rings. The molecule has 0 saturated carbocycles. The third-order valence-electron chi connectivity index (χ3n) is 2.79. The van der Waals surface area contributed by atoms with Gasteiger partial charge in [-0.25, -0.2) is 0 Å². The average Bonchev–Trinajstić information content (AvgIpc) is 3.06. The van der Waals surface area contributed by atoms with E-state index in [4.69, 9.17) is 4.52 Å². The third-order valence-corrected chi connectivity index (χ3v) is 3.99. The molecule has 1 unspecified atom stereocenters. The molecule has 0 aliphatic carbocycles. The molecule has 0 bridgehead atoms. The minimum absolute atomic E-state index is 0.396. The van der Waals surface area contributed by atoms with Gasteiger partial charge in [0.25, 0.3) is 0 Å². The Morgan fingerprint density at radius 1 is 1.37 bits per heavy atom. The largest absolute Gasteiger partial charge is 0.356 e. The molecule has 98 valence electrons. The maximum atomic E-state index is 5.05. The van der Waals surface area contributed by atoms with E-state index in [-0.39, 0.29) is 0 Å². The lowest BCUT2D eigenvalue weighted by Gasteiger charge is -2.08. The first-order chi connectivity index (χ1) is 9.31. The number of aryl methyl sites for hydroxylation is 1. The Morgan fingerprint density at radius 3 is 2.95 bits per heavy atom. The van der Waals surface area contributed by atoms with E-state index >= 15 is 0 Å². The second-order valence-electron chi connectivity index (χ2n) is 4.25. The van der Waals surface area contributed by atoms with Gasteiger partial charge in [0, 0.05) is 0 Å². The molecule has 1 aromatic heterocycles. The van der Waals surface area contributed by atoms with Gasteiger partial charge in [-0.15, -0.1) is 0 Å². The predicted molar refractivity (Wildman–Crippen MR) is 75.0 cm³/mol. The number of rotatable bonds is 3. The highest BCUT2D eigenvalue weighted by molar-refractivity contribution is 8.14. The molecule has 1 aliphatic heterocycles. The summed E-state index contributed by atoms with van der Waals surface area (Å²) >= 11 is 1.74. The second-order valence-corrected chi connectivity index (χ2v) is 5.44. The van der Waals surface area contributed by atoms with Gasteiger partial charge in [0.1, 0.15) is 0 Å². The molecule has 0 radical (unpaired) electrons. The van der Waals surface area contributed by atoms with E-state index in [1.807, 2.05) is 6.07 Å². The number of nitrogens with zero attached hydrogens (tertiary/aromatic N) is 3. The Bertz CT molecular complexity index is 581. The van der Waals surface area contributed by atoms with Crippen molar-refractivity contribution in [2.24, 2.45) is 4.99 Å². The van der Waals surface area contributed by atoms with Crippen LogP contribution in [0.1, 0.15) is 22.5 Å². The molecule has 0 fully saturated rings. The lowest BCUT2D eigenvalue weighted by Crippen LogP contribution is -2.18. The summed E-state index contributed by atoms with van der Waals surface area (Å²) in [4.78, 5) is 8.64. The maximum absolute atomic E-state index is 5.05. The number of amidine groups is 1. The van der Waals surface area contributed by atoms with Crippen molar-refractivity contribution in [2.45, 2.75) is 18.7 Å². The van der Waals surface area contributed by atoms with Crippen LogP contribution in [0.2, 0.25) is 0 Å². The standard InChI is InChI=1S/C13H14N4OS/c1-9-16-12(18-17-9)8-15-13-14-7-11(19-13)10-5-3-2-4-6-10/h2-6,11H,7-8H2,1H3,(H,14,15).